The number of hydrogen-bond donors (Lipinski definition) is 1. The van der Waals surface area contributed by atoms with E-state index in [0.717, 1.165) is 37.2 Å². The molecule has 0 spiro atoms. The van der Waals surface area contributed by atoms with Crippen LogP contribution in [0.5, 0.6) is 0 Å². The molecule has 12 heavy (non-hydrogen) atoms. The van der Waals surface area contributed by atoms with E-state index in [2.05, 4.69) is 0 Å². The van der Waals surface area contributed by atoms with E-state index in [1.165, 1.54) is 0 Å². The maximum Gasteiger partial charge on any atom is 0.136 e. The van der Waals surface area contributed by atoms with Crippen LogP contribution in [0.15, 0.2) is 0 Å². The number of carbonyl (C=O) groups is 1. The highest BCUT2D eigenvalue weighted by molar-refractivity contribution is 7.99. The Morgan fingerprint density at radius 3 is 2.92 bits per heavy atom. The van der Waals surface area contributed by atoms with Gasteiger partial charge < -0.3 is 5.11 Å². The van der Waals surface area contributed by atoms with Crippen LogP contribution in [0.3, 0.4) is 0 Å². The van der Waals surface area contributed by atoms with E-state index < -0.39 is 0 Å². The largest absolute Gasteiger partial charge is 0.396 e. The van der Waals surface area contributed by atoms with Crippen LogP contribution in [-0.4, -0.2) is 29.0 Å². The molecule has 1 unspecified atom stereocenters. The molecular weight excluding hydrogens is 172 g/mol. The maximum absolute atomic E-state index is 11.2. The fraction of sp³-hybridized carbons (Fsp3) is 0.889. The standard InChI is InChI=1S/C9H16O2S/c10-5-7-12-6-4-8-2-1-3-9(8)11/h8,10H,1-7H2. The topological polar surface area (TPSA) is 37.3 Å². The molecule has 1 fully saturated rings. The second kappa shape index (κ2) is 5.60. The Kier molecular flexibility index (Phi) is 4.69. The molecule has 0 radical (unpaired) electrons. The Morgan fingerprint density at radius 2 is 2.33 bits per heavy atom. The van der Waals surface area contributed by atoms with E-state index in [1.807, 2.05) is 0 Å². The van der Waals surface area contributed by atoms with Crippen LogP contribution in [0.4, 0.5) is 0 Å². The second-order valence-corrected chi connectivity index (χ2v) is 4.40. The molecule has 70 valence electrons. The molecule has 0 aromatic heterocycles. The molecule has 0 aromatic carbocycles. The predicted octanol–water partition coefficient (Wildman–Crippen LogP) is 1.47. The van der Waals surface area contributed by atoms with E-state index >= 15 is 0 Å². The van der Waals surface area contributed by atoms with Gasteiger partial charge in [0.15, 0.2) is 0 Å². The number of ketones is 1. The first-order valence-electron chi connectivity index (χ1n) is 4.56. The van der Waals surface area contributed by atoms with Crippen molar-refractivity contribution in [2.24, 2.45) is 5.92 Å². The lowest BCUT2D eigenvalue weighted by Gasteiger charge is -2.05. The molecule has 0 heterocycles. The average Bonchev–Trinajstić information content (AvgIpc) is 2.46. The lowest BCUT2D eigenvalue weighted by molar-refractivity contribution is -0.120. The van der Waals surface area contributed by atoms with Crippen LogP contribution in [-0.2, 0) is 4.79 Å². The van der Waals surface area contributed by atoms with Crippen LogP contribution in [0, 0.1) is 5.92 Å². The van der Waals surface area contributed by atoms with Crippen molar-refractivity contribution in [2.45, 2.75) is 25.7 Å². The SMILES string of the molecule is O=C1CCCC1CCSCCO. The van der Waals surface area contributed by atoms with Crippen molar-refractivity contribution in [3.8, 4) is 0 Å². The number of thioether (sulfide) groups is 1. The molecule has 0 saturated heterocycles. The molecule has 2 nitrogen and oxygen atoms in total. The minimum absolute atomic E-state index is 0.253. The number of hydrogen-bond acceptors (Lipinski definition) is 3. The molecule has 0 aliphatic heterocycles. The van der Waals surface area contributed by atoms with Crippen molar-refractivity contribution in [1.82, 2.24) is 0 Å². The Hall–Kier alpha value is -0.0200. The quantitative estimate of drug-likeness (QED) is 0.664. The minimum atomic E-state index is 0.253. The van der Waals surface area contributed by atoms with Crippen LogP contribution < -0.4 is 0 Å². The van der Waals surface area contributed by atoms with E-state index in [1.54, 1.807) is 11.8 Å². The molecule has 0 aromatic rings. The van der Waals surface area contributed by atoms with Gasteiger partial charge in [-0.3, -0.25) is 4.79 Å². The van der Waals surface area contributed by atoms with E-state index in [-0.39, 0.29) is 6.61 Å². The van der Waals surface area contributed by atoms with Gasteiger partial charge in [-0.15, -0.1) is 0 Å². The van der Waals surface area contributed by atoms with Crippen molar-refractivity contribution in [3.63, 3.8) is 0 Å². The summed E-state index contributed by atoms with van der Waals surface area (Å²) >= 11 is 1.74. The lowest BCUT2D eigenvalue weighted by Crippen LogP contribution is -2.07. The highest BCUT2D eigenvalue weighted by Crippen LogP contribution is 2.25. The minimum Gasteiger partial charge on any atom is -0.396 e. The molecule has 1 N–H and O–H groups in total. The fourth-order valence-corrected chi connectivity index (χ4v) is 2.37. The van der Waals surface area contributed by atoms with Gasteiger partial charge in [0.1, 0.15) is 5.78 Å². The van der Waals surface area contributed by atoms with Crippen molar-refractivity contribution in [1.29, 1.82) is 0 Å². The molecule has 1 aliphatic carbocycles. The average molecular weight is 188 g/mol. The third-order valence-corrected chi connectivity index (χ3v) is 3.27. The van der Waals surface area contributed by atoms with Gasteiger partial charge in [0.25, 0.3) is 0 Å². The van der Waals surface area contributed by atoms with Gasteiger partial charge in [0.2, 0.25) is 0 Å². The second-order valence-electron chi connectivity index (χ2n) is 3.18. The van der Waals surface area contributed by atoms with Gasteiger partial charge in [-0.2, -0.15) is 11.8 Å². The molecule has 1 aliphatic rings. The first kappa shape index (κ1) is 10.1. The van der Waals surface area contributed by atoms with E-state index in [0.29, 0.717) is 11.7 Å². The summed E-state index contributed by atoms with van der Waals surface area (Å²) in [6.07, 6.45) is 4.01. The van der Waals surface area contributed by atoms with E-state index in [9.17, 15) is 4.79 Å². The van der Waals surface area contributed by atoms with Crippen LogP contribution in [0.25, 0.3) is 0 Å². The zero-order valence-electron chi connectivity index (χ0n) is 7.29. The molecule has 1 saturated carbocycles. The third-order valence-electron chi connectivity index (χ3n) is 2.28. The van der Waals surface area contributed by atoms with Gasteiger partial charge >= 0.3 is 0 Å². The van der Waals surface area contributed by atoms with E-state index in [4.69, 9.17) is 5.11 Å². The van der Waals surface area contributed by atoms with Gasteiger partial charge in [-0.05, 0) is 25.0 Å². The summed E-state index contributed by atoms with van der Waals surface area (Å²) < 4.78 is 0. The van der Waals surface area contributed by atoms with Gasteiger partial charge in [-0.25, -0.2) is 0 Å². The molecule has 0 bridgehead atoms. The van der Waals surface area contributed by atoms with Crippen LogP contribution in [0.2, 0.25) is 0 Å². The molecule has 0 amide bonds. The highest BCUT2D eigenvalue weighted by atomic mass is 32.2. The third kappa shape index (κ3) is 3.15. The summed E-state index contributed by atoms with van der Waals surface area (Å²) in [5.74, 6) is 2.63. The summed E-state index contributed by atoms with van der Waals surface area (Å²) in [6, 6.07) is 0. The lowest BCUT2D eigenvalue weighted by atomic mass is 10.1. The zero-order chi connectivity index (χ0) is 8.81. The number of aliphatic hydroxyl groups is 1. The smallest absolute Gasteiger partial charge is 0.136 e. The van der Waals surface area contributed by atoms with Gasteiger partial charge in [0, 0.05) is 18.1 Å². The monoisotopic (exact) mass is 188 g/mol. The number of aliphatic hydroxyl groups excluding tert-OH is 1. The summed E-state index contributed by atoms with van der Waals surface area (Å²) in [7, 11) is 0. The first-order valence-corrected chi connectivity index (χ1v) is 5.71. The summed E-state index contributed by atoms with van der Waals surface area (Å²) in [4.78, 5) is 11.2. The molecular formula is C9H16O2S. The van der Waals surface area contributed by atoms with Crippen molar-refractivity contribution < 1.29 is 9.90 Å². The predicted molar refractivity (Wildman–Crippen MR) is 51.4 cm³/mol. The van der Waals surface area contributed by atoms with Crippen molar-refractivity contribution in [2.75, 3.05) is 18.1 Å². The van der Waals surface area contributed by atoms with Gasteiger partial charge in [-0.1, -0.05) is 0 Å². The Bertz CT molecular complexity index is 147. The van der Waals surface area contributed by atoms with Crippen LogP contribution in [0.1, 0.15) is 25.7 Å². The normalized spacial score (nSPS) is 23.4. The van der Waals surface area contributed by atoms with Crippen molar-refractivity contribution in [3.05, 3.63) is 0 Å². The highest BCUT2D eigenvalue weighted by Gasteiger charge is 2.23. The molecule has 1 rings (SSSR count). The number of Topliss-reactive ketones (excluding diaryl/α,β-unsaturated/α-hetero) is 1. The summed E-state index contributed by atoms with van der Waals surface area (Å²) in [6.45, 7) is 0.253. The zero-order valence-corrected chi connectivity index (χ0v) is 8.11. The Labute approximate surface area is 77.7 Å². The summed E-state index contributed by atoms with van der Waals surface area (Å²) in [5, 5.41) is 8.52. The molecule has 3 heteroatoms. The number of rotatable bonds is 5. The van der Waals surface area contributed by atoms with Crippen molar-refractivity contribution >= 4 is 17.5 Å². The fourth-order valence-electron chi connectivity index (χ4n) is 1.59. The number of carbonyl (C=O) groups excluding carboxylic acids is 1. The van der Waals surface area contributed by atoms with Crippen LogP contribution >= 0.6 is 11.8 Å². The van der Waals surface area contributed by atoms with Gasteiger partial charge in [0.05, 0.1) is 6.61 Å². The maximum atomic E-state index is 11.2. The molecule has 1 atom stereocenters. The first-order chi connectivity index (χ1) is 5.84. The Balaban J connectivity index is 2.02. The summed E-state index contributed by atoms with van der Waals surface area (Å²) in [5.41, 5.74) is 0. The Morgan fingerprint density at radius 1 is 1.50 bits per heavy atom.